The van der Waals surface area contributed by atoms with Crippen LogP contribution in [0.3, 0.4) is 0 Å². The van der Waals surface area contributed by atoms with Crippen LogP contribution in [-0.2, 0) is 33.3 Å². The Hall–Kier alpha value is -3.27. The van der Waals surface area contributed by atoms with Crippen LogP contribution >= 0.6 is 0 Å². The molecule has 0 aliphatic rings. The molecule has 2 unspecified atom stereocenters. The number of hydrogen-bond donors (Lipinski definition) is 1. The second-order valence-electron chi connectivity index (χ2n) is 23.1. The molecular weight excluding hydrogens is 971 g/mol. The number of aliphatic carboxylic acids is 1. The molecular formula is C69H124NO8+. The van der Waals surface area contributed by atoms with E-state index in [0.29, 0.717) is 17.4 Å². The van der Waals surface area contributed by atoms with E-state index < -0.39 is 24.3 Å². The van der Waals surface area contributed by atoms with E-state index >= 15 is 0 Å². The van der Waals surface area contributed by atoms with E-state index in [1.165, 1.54) is 186 Å². The number of quaternary nitrogens is 1. The average molecular weight is 1100 g/mol. The van der Waals surface area contributed by atoms with Gasteiger partial charge in [-0.25, -0.2) is 4.79 Å². The van der Waals surface area contributed by atoms with Gasteiger partial charge < -0.3 is 28.5 Å². The van der Waals surface area contributed by atoms with E-state index in [-0.39, 0.29) is 32.2 Å². The normalized spacial score (nSPS) is 13.2. The van der Waals surface area contributed by atoms with E-state index in [1.54, 1.807) is 0 Å². The van der Waals surface area contributed by atoms with Crippen molar-refractivity contribution < 1.29 is 42.9 Å². The summed E-state index contributed by atoms with van der Waals surface area (Å²) >= 11 is 0. The van der Waals surface area contributed by atoms with Crippen LogP contribution in [0.5, 0.6) is 0 Å². The van der Waals surface area contributed by atoms with E-state index in [4.69, 9.17) is 18.9 Å². The van der Waals surface area contributed by atoms with Gasteiger partial charge in [-0.1, -0.05) is 286 Å². The Labute approximate surface area is 481 Å². The highest BCUT2D eigenvalue weighted by Crippen LogP contribution is 2.17. The molecule has 2 atom stereocenters. The maximum Gasteiger partial charge on any atom is 0.361 e. The molecule has 0 radical (unpaired) electrons. The predicted molar refractivity (Wildman–Crippen MR) is 332 cm³/mol. The molecule has 0 saturated heterocycles. The quantitative estimate of drug-likeness (QED) is 0.0211. The molecule has 0 bridgehead atoms. The van der Waals surface area contributed by atoms with Gasteiger partial charge in [-0.15, -0.1) is 0 Å². The fourth-order valence-corrected chi connectivity index (χ4v) is 9.26. The Morgan fingerprint density at radius 2 is 0.731 bits per heavy atom. The van der Waals surface area contributed by atoms with Gasteiger partial charge in [0.2, 0.25) is 0 Å². The van der Waals surface area contributed by atoms with Crippen molar-refractivity contribution in [2.24, 2.45) is 0 Å². The minimum atomic E-state index is -1.51. The third kappa shape index (κ3) is 60.4. The Morgan fingerprint density at radius 1 is 0.397 bits per heavy atom. The van der Waals surface area contributed by atoms with Gasteiger partial charge >= 0.3 is 17.9 Å². The van der Waals surface area contributed by atoms with Crippen LogP contribution in [-0.4, -0.2) is 87.4 Å². The van der Waals surface area contributed by atoms with Crippen molar-refractivity contribution in [1.29, 1.82) is 0 Å². The lowest BCUT2D eigenvalue weighted by molar-refractivity contribution is -0.870. The molecule has 0 spiro atoms. The van der Waals surface area contributed by atoms with Crippen LogP contribution in [0, 0.1) is 0 Å². The number of rotatable bonds is 60. The molecule has 0 rings (SSSR count). The van der Waals surface area contributed by atoms with Gasteiger partial charge in [-0.2, -0.15) is 0 Å². The number of likely N-dealkylation sites (N-methyl/N-ethyl adjacent to an activating group) is 1. The smallest absolute Gasteiger partial charge is 0.361 e. The summed E-state index contributed by atoms with van der Waals surface area (Å²) in [5, 5.41) is 9.72. The summed E-state index contributed by atoms with van der Waals surface area (Å²) in [6.07, 6.45) is 75.7. The largest absolute Gasteiger partial charge is 0.477 e. The number of nitrogens with zero attached hydrogens (tertiary/aromatic N) is 1. The van der Waals surface area contributed by atoms with Crippen LogP contribution in [0.4, 0.5) is 0 Å². The van der Waals surface area contributed by atoms with Crippen LogP contribution < -0.4 is 0 Å². The van der Waals surface area contributed by atoms with E-state index in [2.05, 4.69) is 86.8 Å². The first kappa shape index (κ1) is 74.7. The van der Waals surface area contributed by atoms with Crippen molar-refractivity contribution in [1.82, 2.24) is 0 Å². The summed E-state index contributed by atoms with van der Waals surface area (Å²) in [7, 11) is 5.98. The van der Waals surface area contributed by atoms with Crippen molar-refractivity contribution in [3.8, 4) is 0 Å². The summed E-state index contributed by atoms with van der Waals surface area (Å²) in [5.74, 6) is -1.99. The van der Waals surface area contributed by atoms with Crippen molar-refractivity contribution in [3.05, 3.63) is 72.9 Å². The van der Waals surface area contributed by atoms with Crippen molar-refractivity contribution in [2.75, 3.05) is 47.5 Å². The van der Waals surface area contributed by atoms with Gasteiger partial charge in [-0.05, 0) is 64.2 Å². The molecule has 0 aromatic carbocycles. The zero-order chi connectivity index (χ0) is 56.9. The fourth-order valence-electron chi connectivity index (χ4n) is 9.26. The van der Waals surface area contributed by atoms with Gasteiger partial charge in [0.05, 0.1) is 34.4 Å². The molecule has 0 amide bonds. The van der Waals surface area contributed by atoms with Crippen LogP contribution in [0.2, 0.25) is 0 Å². The minimum Gasteiger partial charge on any atom is -0.477 e. The summed E-state index contributed by atoms with van der Waals surface area (Å²) in [4.78, 5) is 37.5. The van der Waals surface area contributed by atoms with E-state index in [1.807, 2.05) is 21.1 Å². The van der Waals surface area contributed by atoms with Gasteiger partial charge in [0.15, 0.2) is 6.10 Å². The Morgan fingerprint density at radius 3 is 1.09 bits per heavy atom. The number of carboxylic acid groups (broad SMARTS) is 1. The van der Waals surface area contributed by atoms with Crippen LogP contribution in [0.15, 0.2) is 72.9 Å². The Balaban J connectivity index is 4.09. The summed E-state index contributed by atoms with van der Waals surface area (Å²) in [5.41, 5.74) is 0. The molecule has 1 N–H and O–H groups in total. The zero-order valence-electron chi connectivity index (χ0n) is 51.6. The van der Waals surface area contributed by atoms with Gasteiger partial charge in [-0.3, -0.25) is 9.59 Å². The Kier molecular flexibility index (Phi) is 57.3. The van der Waals surface area contributed by atoms with Gasteiger partial charge in [0.25, 0.3) is 6.29 Å². The average Bonchev–Trinajstić information content (AvgIpc) is 3.41. The highest BCUT2D eigenvalue weighted by molar-refractivity contribution is 5.71. The molecule has 9 nitrogen and oxygen atoms in total. The SMILES string of the molecule is CC/C=C\C/C=C\C/C=C\C/C=C\C/C=C\C/C=C\CCCCCCCCCCCCCCCCCCC(=O)OC(COC(=O)CCCCCCCCCCCCCCCCCCCC)COC(OCC[N+](C)(C)C)C(=O)O. The Bertz CT molecular complexity index is 1510. The predicted octanol–water partition coefficient (Wildman–Crippen LogP) is 19.7. The van der Waals surface area contributed by atoms with Crippen LogP contribution in [0.25, 0.3) is 0 Å². The van der Waals surface area contributed by atoms with Crippen molar-refractivity contribution >= 4 is 17.9 Å². The second kappa shape index (κ2) is 59.8. The molecule has 0 aromatic rings. The monoisotopic (exact) mass is 1090 g/mol. The molecule has 452 valence electrons. The topological polar surface area (TPSA) is 108 Å². The molecule has 0 saturated carbocycles. The number of esters is 2. The molecule has 0 heterocycles. The number of carbonyl (C=O) groups is 3. The minimum absolute atomic E-state index is 0.179. The number of carbonyl (C=O) groups excluding carboxylic acids is 2. The molecule has 0 aromatic heterocycles. The highest BCUT2D eigenvalue weighted by Gasteiger charge is 2.25. The highest BCUT2D eigenvalue weighted by atomic mass is 16.7. The lowest BCUT2D eigenvalue weighted by Crippen LogP contribution is -2.40. The lowest BCUT2D eigenvalue weighted by atomic mass is 10.0. The fraction of sp³-hybridized carbons (Fsp3) is 0.783. The second-order valence-corrected chi connectivity index (χ2v) is 23.1. The van der Waals surface area contributed by atoms with Crippen LogP contribution in [0.1, 0.15) is 290 Å². The van der Waals surface area contributed by atoms with Gasteiger partial charge in [0.1, 0.15) is 13.2 Å². The summed E-state index contributed by atoms with van der Waals surface area (Å²) in [6, 6.07) is 0. The summed E-state index contributed by atoms with van der Waals surface area (Å²) < 4.78 is 22.9. The van der Waals surface area contributed by atoms with Gasteiger partial charge in [0, 0.05) is 12.8 Å². The zero-order valence-corrected chi connectivity index (χ0v) is 51.6. The first-order chi connectivity index (χ1) is 38.1. The number of unbranched alkanes of at least 4 members (excludes halogenated alkanes) is 33. The summed E-state index contributed by atoms with van der Waals surface area (Å²) in [6.45, 7) is 4.80. The standard InChI is InChI=1S/C69H123NO8/c1-6-8-10-12-14-16-18-20-22-24-26-27-28-29-30-31-32-33-34-35-36-37-38-39-40-41-42-44-46-48-50-52-54-56-58-60-67(72)78-65(64-77-69(68(73)74)75-62-61-70(3,4)5)63-76-66(71)59-57-55-53-51-49-47-45-43-25-23-21-19-17-15-13-11-9-7-2/h8,10,14,16,20,22,26-27,29-30,32-33,65,69H,6-7,9,11-13,15,17-19,21,23-25,28,31,34-64H2,1-5H3/p+1/b10-8-,16-14-,22-20-,27-26-,30-29-,33-32-. The number of ether oxygens (including phenoxy) is 4. The van der Waals surface area contributed by atoms with E-state index in [0.717, 1.165) is 77.0 Å². The molecule has 9 heteroatoms. The lowest BCUT2D eigenvalue weighted by Gasteiger charge is -2.25. The molecule has 78 heavy (non-hydrogen) atoms. The number of allylic oxidation sites excluding steroid dienone is 12. The first-order valence-electron chi connectivity index (χ1n) is 32.6. The molecule has 0 aliphatic carbocycles. The first-order valence-corrected chi connectivity index (χ1v) is 32.6. The third-order valence-electron chi connectivity index (χ3n) is 14.2. The van der Waals surface area contributed by atoms with E-state index in [9.17, 15) is 19.5 Å². The molecule has 0 aliphatic heterocycles. The van der Waals surface area contributed by atoms with Crippen molar-refractivity contribution in [2.45, 2.75) is 302 Å². The third-order valence-corrected chi connectivity index (χ3v) is 14.2. The number of carboxylic acids is 1. The number of hydrogen-bond acceptors (Lipinski definition) is 7. The maximum atomic E-state index is 12.9. The van der Waals surface area contributed by atoms with Crippen molar-refractivity contribution in [3.63, 3.8) is 0 Å². The maximum absolute atomic E-state index is 12.9. The molecule has 0 fully saturated rings.